The Morgan fingerprint density at radius 1 is 1.24 bits per heavy atom. The number of pyridine rings is 1. The van der Waals surface area contributed by atoms with Crippen LogP contribution in [0.3, 0.4) is 0 Å². The highest BCUT2D eigenvalue weighted by Crippen LogP contribution is 2.34. The largest absolute Gasteiger partial charge is 0.455 e. The van der Waals surface area contributed by atoms with Crippen LogP contribution in [-0.4, -0.2) is 38.6 Å². The number of benzene rings is 1. The summed E-state index contributed by atoms with van der Waals surface area (Å²) in [5.41, 5.74) is 4.08. The molecule has 0 spiro atoms. The van der Waals surface area contributed by atoms with Crippen molar-refractivity contribution < 1.29 is 13.7 Å². The number of nitrogens with one attached hydrogen (secondary N) is 2. The van der Waals surface area contributed by atoms with Gasteiger partial charge in [0, 0.05) is 24.4 Å². The zero-order chi connectivity index (χ0) is 27.0. The Morgan fingerprint density at radius 3 is 2.79 bits per heavy atom. The maximum atomic E-state index is 13.5. The summed E-state index contributed by atoms with van der Waals surface area (Å²) in [4.78, 5) is 31.8. The van der Waals surface area contributed by atoms with Gasteiger partial charge in [-0.05, 0) is 44.5 Å². The molecule has 4 heterocycles. The van der Waals surface area contributed by atoms with E-state index >= 15 is 0 Å². The lowest BCUT2D eigenvalue weighted by Crippen LogP contribution is -2.13. The van der Waals surface area contributed by atoms with Gasteiger partial charge < -0.3 is 14.5 Å². The molecule has 38 heavy (non-hydrogen) atoms. The van der Waals surface area contributed by atoms with Gasteiger partial charge in [0.15, 0.2) is 5.43 Å². The number of hydrogen-bond donors (Lipinski definition) is 2. The fourth-order valence-electron chi connectivity index (χ4n) is 4.33. The van der Waals surface area contributed by atoms with Gasteiger partial charge in [-0.2, -0.15) is 5.10 Å². The third-order valence-corrected chi connectivity index (χ3v) is 6.39. The van der Waals surface area contributed by atoms with Crippen molar-refractivity contribution in [3.05, 3.63) is 79.3 Å². The molecule has 1 aromatic carbocycles. The van der Waals surface area contributed by atoms with Gasteiger partial charge in [0.05, 0.1) is 42.0 Å². The van der Waals surface area contributed by atoms with Crippen molar-refractivity contribution in [2.75, 3.05) is 19.0 Å². The van der Waals surface area contributed by atoms with Crippen LogP contribution in [0, 0.1) is 13.8 Å². The number of rotatable bonds is 8. The molecule has 0 amide bonds. The Morgan fingerprint density at radius 2 is 2.05 bits per heavy atom. The maximum absolute atomic E-state index is 13.5. The molecule has 5 aromatic rings. The predicted octanol–water partition coefficient (Wildman–Crippen LogP) is 4.48. The smallest absolute Gasteiger partial charge is 0.439 e. The van der Waals surface area contributed by atoms with Crippen LogP contribution in [0.15, 0.2) is 55.2 Å². The molecule has 196 valence electrons. The van der Waals surface area contributed by atoms with Gasteiger partial charge in [-0.15, -0.1) is 0 Å². The van der Waals surface area contributed by atoms with E-state index in [-0.39, 0.29) is 22.4 Å². The minimum absolute atomic E-state index is 0.114. The summed E-state index contributed by atoms with van der Waals surface area (Å²) in [5.74, 6) is -0.116. The van der Waals surface area contributed by atoms with Gasteiger partial charge >= 0.3 is 5.76 Å². The quantitative estimate of drug-likeness (QED) is 0.274. The normalized spacial score (nSPS) is 12.2. The Labute approximate surface area is 221 Å². The van der Waals surface area contributed by atoms with E-state index in [1.165, 1.54) is 0 Å². The average molecular weight is 537 g/mol. The number of aromatic amines is 1. The van der Waals surface area contributed by atoms with E-state index in [2.05, 4.69) is 30.1 Å². The summed E-state index contributed by atoms with van der Waals surface area (Å²) in [6.07, 6.45) is 3.50. The Balaban J connectivity index is 1.60. The maximum Gasteiger partial charge on any atom is 0.439 e. The molecule has 4 aromatic heterocycles. The fraction of sp³-hybridized carbons (Fsp3) is 0.269. The van der Waals surface area contributed by atoms with E-state index in [9.17, 15) is 9.59 Å². The van der Waals surface area contributed by atoms with Gasteiger partial charge in [-0.25, -0.2) is 9.78 Å². The Kier molecular flexibility index (Phi) is 6.87. The van der Waals surface area contributed by atoms with Crippen LogP contribution in [-0.2, 0) is 11.3 Å². The van der Waals surface area contributed by atoms with Crippen molar-refractivity contribution in [1.29, 1.82) is 0 Å². The van der Waals surface area contributed by atoms with E-state index in [4.69, 9.17) is 20.8 Å². The number of methoxy groups -OCH3 is 1. The van der Waals surface area contributed by atoms with Crippen molar-refractivity contribution in [2.24, 2.45) is 0 Å². The van der Waals surface area contributed by atoms with Crippen molar-refractivity contribution in [2.45, 2.75) is 33.4 Å². The third kappa shape index (κ3) is 4.85. The molecule has 0 fully saturated rings. The molecule has 1 unspecified atom stereocenters. The zero-order valence-corrected chi connectivity index (χ0v) is 21.9. The number of aryl methyl sites for hydroxylation is 1. The van der Waals surface area contributed by atoms with Gasteiger partial charge in [-0.3, -0.25) is 19.0 Å². The molecule has 0 bridgehead atoms. The summed E-state index contributed by atoms with van der Waals surface area (Å²) < 4.78 is 17.9. The molecule has 1 atom stereocenters. The van der Waals surface area contributed by atoms with Crippen LogP contribution in [0.1, 0.15) is 29.7 Å². The molecule has 0 aliphatic carbocycles. The SMILES string of the molecule is COCCn1cc(-c2oc3c(C(C)Nc4ccc(Cl)nc4-c4noc(=O)[nH]4)cc(C)cc3c(=O)c2C)cn1. The lowest BCUT2D eigenvalue weighted by molar-refractivity contribution is 0.183. The van der Waals surface area contributed by atoms with Crippen molar-refractivity contribution >= 4 is 28.3 Å². The van der Waals surface area contributed by atoms with Crippen LogP contribution < -0.4 is 16.5 Å². The van der Waals surface area contributed by atoms with Gasteiger partial charge in [-0.1, -0.05) is 22.8 Å². The second kappa shape index (κ2) is 10.3. The predicted molar refractivity (Wildman–Crippen MR) is 142 cm³/mol. The molecule has 0 aliphatic heterocycles. The molecule has 0 aliphatic rings. The van der Waals surface area contributed by atoms with Crippen LogP contribution in [0.5, 0.6) is 0 Å². The van der Waals surface area contributed by atoms with Gasteiger partial charge in [0.2, 0.25) is 5.82 Å². The Hall–Kier alpha value is -4.22. The summed E-state index contributed by atoms with van der Waals surface area (Å²) in [5, 5.41) is 12.2. The van der Waals surface area contributed by atoms with Crippen LogP contribution in [0.25, 0.3) is 33.8 Å². The highest BCUT2D eigenvalue weighted by Gasteiger charge is 2.21. The fourth-order valence-corrected chi connectivity index (χ4v) is 4.48. The molecule has 5 rings (SSSR count). The Bertz CT molecular complexity index is 1750. The van der Waals surface area contributed by atoms with Gasteiger partial charge in [0.1, 0.15) is 22.2 Å². The first kappa shape index (κ1) is 25.4. The second-order valence-electron chi connectivity index (χ2n) is 8.94. The summed E-state index contributed by atoms with van der Waals surface area (Å²) >= 11 is 6.11. The van der Waals surface area contributed by atoms with E-state index < -0.39 is 5.76 Å². The first-order chi connectivity index (χ1) is 18.2. The molecule has 0 saturated heterocycles. The van der Waals surface area contributed by atoms with Crippen LogP contribution >= 0.6 is 11.6 Å². The molecule has 11 nitrogen and oxygen atoms in total. The first-order valence-corrected chi connectivity index (χ1v) is 12.2. The number of nitrogens with zero attached hydrogens (tertiary/aromatic N) is 4. The monoisotopic (exact) mass is 536 g/mol. The molecule has 12 heteroatoms. The topological polar surface area (TPSA) is 141 Å². The summed E-state index contributed by atoms with van der Waals surface area (Å²) in [7, 11) is 1.63. The van der Waals surface area contributed by atoms with Crippen molar-refractivity contribution in [3.8, 4) is 22.8 Å². The van der Waals surface area contributed by atoms with Crippen LogP contribution in [0.2, 0.25) is 5.15 Å². The molecular weight excluding hydrogens is 512 g/mol. The minimum atomic E-state index is -0.708. The summed E-state index contributed by atoms with van der Waals surface area (Å²) in [6, 6.07) is 6.79. The van der Waals surface area contributed by atoms with E-state index in [1.54, 1.807) is 37.0 Å². The average Bonchev–Trinajstić information content (AvgIpc) is 3.55. The third-order valence-electron chi connectivity index (χ3n) is 6.18. The van der Waals surface area contributed by atoms with E-state index in [1.807, 2.05) is 32.2 Å². The summed E-state index contributed by atoms with van der Waals surface area (Å²) in [6.45, 7) is 6.69. The minimum Gasteiger partial charge on any atom is -0.455 e. The van der Waals surface area contributed by atoms with Crippen LogP contribution in [0.4, 0.5) is 5.69 Å². The van der Waals surface area contributed by atoms with E-state index in [0.717, 1.165) is 11.1 Å². The van der Waals surface area contributed by atoms with Crippen molar-refractivity contribution in [1.82, 2.24) is 24.9 Å². The standard InChI is InChI=1S/C26H25ClN6O5/c1-13-9-17(15(3)29-19-5-6-20(27)30-21(19)25-31-26(35)38-32-25)24-18(10-13)22(34)14(2)23(37-24)16-11-28-33(12-16)7-8-36-4/h5-6,9-12,15,29H,7-8H2,1-4H3,(H,31,32,35). The number of aromatic nitrogens is 5. The second-order valence-corrected chi connectivity index (χ2v) is 9.33. The number of fused-ring (bicyclic) bond motifs is 1. The van der Waals surface area contributed by atoms with Crippen molar-refractivity contribution in [3.63, 3.8) is 0 Å². The zero-order valence-electron chi connectivity index (χ0n) is 21.2. The number of halogens is 1. The molecular formula is C26H25ClN6O5. The molecule has 0 saturated carbocycles. The first-order valence-electron chi connectivity index (χ1n) is 11.8. The van der Waals surface area contributed by atoms with E-state index in [0.29, 0.717) is 52.4 Å². The lowest BCUT2D eigenvalue weighted by atomic mass is 9.99. The lowest BCUT2D eigenvalue weighted by Gasteiger charge is -2.19. The highest BCUT2D eigenvalue weighted by molar-refractivity contribution is 6.29. The molecule has 0 radical (unpaired) electrons. The number of hydrogen-bond acceptors (Lipinski definition) is 9. The number of H-pyrrole nitrogens is 1. The van der Waals surface area contributed by atoms with Gasteiger partial charge in [0.25, 0.3) is 0 Å². The number of anilines is 1. The highest BCUT2D eigenvalue weighted by atomic mass is 35.5. The molecule has 2 N–H and O–H groups in total. The number of ether oxygens (including phenoxy) is 1.